The minimum Gasteiger partial charge on any atom is -0.479 e. The van der Waals surface area contributed by atoms with Crippen LogP contribution < -0.4 is 0 Å². The van der Waals surface area contributed by atoms with Gasteiger partial charge in [0, 0.05) is 5.56 Å². The van der Waals surface area contributed by atoms with E-state index < -0.39 is 12.1 Å². The molecule has 9 nitrogen and oxygen atoms in total. The Hall–Kier alpha value is -3.06. The molecule has 2 aromatic heterocycles. The molecule has 1 aliphatic carbocycles. The van der Waals surface area contributed by atoms with Crippen LogP contribution in [0.5, 0.6) is 0 Å². The van der Waals surface area contributed by atoms with Crippen LogP contribution in [0, 0.1) is 26.7 Å². The van der Waals surface area contributed by atoms with Gasteiger partial charge >= 0.3 is 5.97 Å². The van der Waals surface area contributed by atoms with E-state index in [0.717, 1.165) is 48.4 Å². The lowest BCUT2D eigenvalue weighted by atomic mass is 9.95. The standard InChI is InChI=1S/C25H35NO6.C11H10INO/c1-16(2)13-31-23(25(27)28)15-30-21-7-5-6-20(12-21)29-14-22-18(4)32-24(26-22)19-10-8-17(3)9-11-19;1-8-2-4-9(5-3-8)11(12)10-6-14-7-13-10/h8-11,16,20-21,23H,5-7,12-15H2,1-4H3,(H,27,28);2-7,11H,1H3/t20-,21+,23?;/m0./s1. The second-order valence-electron chi connectivity index (χ2n) is 12.2. The molecule has 2 unspecified atom stereocenters. The van der Waals surface area contributed by atoms with E-state index in [-0.39, 0.29) is 28.7 Å². The number of carboxylic acid groups (broad SMARTS) is 1. The van der Waals surface area contributed by atoms with Gasteiger partial charge in [-0.05, 0) is 70.1 Å². The number of ether oxygens (including phenoxy) is 3. The first-order chi connectivity index (χ1) is 22.1. The number of nitrogens with zero attached hydrogens (tertiary/aromatic N) is 2. The molecule has 4 atom stereocenters. The van der Waals surface area contributed by atoms with Crippen molar-refractivity contribution in [3.63, 3.8) is 0 Å². The van der Waals surface area contributed by atoms with E-state index in [1.165, 1.54) is 23.1 Å². The summed E-state index contributed by atoms with van der Waals surface area (Å²) in [6, 6.07) is 16.6. The van der Waals surface area contributed by atoms with E-state index >= 15 is 0 Å². The van der Waals surface area contributed by atoms with Crippen molar-refractivity contribution in [3.8, 4) is 11.5 Å². The number of oxazole rings is 2. The topological polar surface area (TPSA) is 117 Å². The summed E-state index contributed by atoms with van der Waals surface area (Å²) in [7, 11) is 0. The van der Waals surface area contributed by atoms with Crippen LogP contribution in [0.15, 0.2) is 70.0 Å². The van der Waals surface area contributed by atoms with Crippen molar-refractivity contribution in [3.05, 3.63) is 95.0 Å². The maximum atomic E-state index is 11.4. The lowest BCUT2D eigenvalue weighted by molar-refractivity contribution is -0.158. The number of alkyl halides is 1. The first-order valence-corrected chi connectivity index (χ1v) is 17.0. The lowest BCUT2D eigenvalue weighted by Gasteiger charge is -2.30. The molecule has 2 heterocycles. The second-order valence-corrected chi connectivity index (χ2v) is 13.4. The molecule has 1 fully saturated rings. The molecule has 5 rings (SSSR count). The number of aromatic nitrogens is 2. The Kier molecular flexibility index (Phi) is 13.8. The zero-order chi connectivity index (χ0) is 33.1. The van der Waals surface area contributed by atoms with Crippen LogP contribution in [0.2, 0.25) is 0 Å². The molecule has 248 valence electrons. The van der Waals surface area contributed by atoms with Gasteiger partial charge < -0.3 is 28.2 Å². The minimum atomic E-state index is -0.986. The molecule has 10 heteroatoms. The van der Waals surface area contributed by atoms with Gasteiger partial charge in [0.25, 0.3) is 0 Å². The van der Waals surface area contributed by atoms with Gasteiger partial charge in [0.2, 0.25) is 5.89 Å². The number of carboxylic acids is 1. The molecule has 0 amide bonds. The molecular formula is C36H45IN2O7. The van der Waals surface area contributed by atoms with E-state index in [9.17, 15) is 9.90 Å². The van der Waals surface area contributed by atoms with Gasteiger partial charge in [-0.15, -0.1) is 0 Å². The van der Waals surface area contributed by atoms with Crippen molar-refractivity contribution in [2.75, 3.05) is 13.2 Å². The summed E-state index contributed by atoms with van der Waals surface area (Å²) in [6.45, 7) is 10.9. The third-order valence-electron chi connectivity index (χ3n) is 7.70. The molecule has 0 aliphatic heterocycles. The largest absolute Gasteiger partial charge is 0.479 e. The Morgan fingerprint density at radius 2 is 1.63 bits per heavy atom. The van der Waals surface area contributed by atoms with Crippen LogP contribution in [-0.2, 0) is 25.6 Å². The Bertz CT molecular complexity index is 1470. The smallest absolute Gasteiger partial charge is 0.335 e. The van der Waals surface area contributed by atoms with Crippen LogP contribution in [0.1, 0.15) is 77.3 Å². The van der Waals surface area contributed by atoms with Gasteiger partial charge in [0.15, 0.2) is 12.5 Å². The summed E-state index contributed by atoms with van der Waals surface area (Å²) in [5, 5.41) is 9.36. The van der Waals surface area contributed by atoms with Crippen LogP contribution in [0.25, 0.3) is 11.5 Å². The molecule has 0 saturated heterocycles. The maximum absolute atomic E-state index is 11.4. The van der Waals surface area contributed by atoms with Crippen LogP contribution >= 0.6 is 22.6 Å². The number of halogens is 1. The average Bonchev–Trinajstić information content (AvgIpc) is 3.71. The highest BCUT2D eigenvalue weighted by molar-refractivity contribution is 14.1. The fourth-order valence-electron chi connectivity index (χ4n) is 4.96. The fraction of sp³-hybridized carbons (Fsp3) is 0.472. The van der Waals surface area contributed by atoms with Crippen LogP contribution in [0.4, 0.5) is 0 Å². The number of aryl methyl sites for hydroxylation is 3. The third-order valence-corrected chi connectivity index (χ3v) is 9.05. The van der Waals surface area contributed by atoms with Crippen molar-refractivity contribution in [1.29, 1.82) is 0 Å². The molecule has 0 bridgehead atoms. The first kappa shape index (κ1) is 35.8. The monoisotopic (exact) mass is 744 g/mol. The van der Waals surface area contributed by atoms with E-state index in [2.05, 4.69) is 63.7 Å². The number of hydrogen-bond acceptors (Lipinski definition) is 8. The van der Waals surface area contributed by atoms with E-state index in [4.69, 9.17) is 23.0 Å². The molecule has 1 N–H and O–H groups in total. The summed E-state index contributed by atoms with van der Waals surface area (Å²) in [5.41, 5.74) is 6.44. The Morgan fingerprint density at radius 3 is 2.24 bits per heavy atom. The number of aliphatic carboxylic acids is 1. The lowest BCUT2D eigenvalue weighted by Crippen LogP contribution is -2.35. The minimum absolute atomic E-state index is 0.0280. The van der Waals surface area contributed by atoms with Crippen LogP contribution in [-0.4, -0.2) is 52.6 Å². The third kappa shape index (κ3) is 11.0. The Labute approximate surface area is 285 Å². The van der Waals surface area contributed by atoms with Gasteiger partial charge in [-0.1, -0.05) is 84.0 Å². The molecule has 46 heavy (non-hydrogen) atoms. The van der Waals surface area contributed by atoms with Crippen molar-refractivity contribution >= 4 is 28.6 Å². The predicted octanol–water partition coefficient (Wildman–Crippen LogP) is 8.44. The van der Waals surface area contributed by atoms with Gasteiger partial charge in [0.05, 0.1) is 41.6 Å². The van der Waals surface area contributed by atoms with E-state index in [0.29, 0.717) is 19.1 Å². The number of carbonyl (C=O) groups is 1. The zero-order valence-electron chi connectivity index (χ0n) is 27.3. The van der Waals surface area contributed by atoms with Crippen molar-refractivity contribution < 1.29 is 32.9 Å². The summed E-state index contributed by atoms with van der Waals surface area (Å²) in [5.74, 6) is 0.652. The van der Waals surface area contributed by atoms with E-state index in [1.54, 1.807) is 6.26 Å². The molecule has 1 aliphatic rings. The summed E-state index contributed by atoms with van der Waals surface area (Å²) < 4.78 is 28.6. The van der Waals surface area contributed by atoms with Gasteiger partial charge in [-0.25, -0.2) is 14.8 Å². The SMILES string of the molecule is Cc1ccc(-c2nc(CO[C@H]3CCC[C@@H](OCC(OCC(C)C)C(=O)O)C3)c(C)o2)cc1.Cc1ccc(C(I)c2cocn2)cc1. The molecule has 2 aromatic carbocycles. The summed E-state index contributed by atoms with van der Waals surface area (Å²) in [6.07, 6.45) is 5.81. The Balaban J connectivity index is 0.000000284. The zero-order valence-corrected chi connectivity index (χ0v) is 29.4. The van der Waals surface area contributed by atoms with Gasteiger partial charge in [-0.2, -0.15) is 0 Å². The van der Waals surface area contributed by atoms with Gasteiger partial charge in [-0.3, -0.25) is 0 Å². The Morgan fingerprint density at radius 1 is 0.978 bits per heavy atom. The summed E-state index contributed by atoms with van der Waals surface area (Å²) in [4.78, 5) is 20.2. The van der Waals surface area contributed by atoms with Crippen LogP contribution in [0.3, 0.4) is 0 Å². The predicted molar refractivity (Wildman–Crippen MR) is 184 cm³/mol. The van der Waals surface area contributed by atoms with Crippen molar-refractivity contribution in [2.45, 2.75) is 89.1 Å². The highest BCUT2D eigenvalue weighted by atomic mass is 127. The molecule has 1 saturated carbocycles. The number of rotatable bonds is 13. The highest BCUT2D eigenvalue weighted by Gasteiger charge is 2.27. The van der Waals surface area contributed by atoms with E-state index in [1.807, 2.05) is 52.0 Å². The summed E-state index contributed by atoms with van der Waals surface area (Å²) >= 11 is 2.36. The number of hydrogen-bond donors (Lipinski definition) is 1. The van der Waals surface area contributed by atoms with Crippen molar-refractivity contribution in [2.24, 2.45) is 5.92 Å². The number of benzene rings is 2. The van der Waals surface area contributed by atoms with Crippen molar-refractivity contribution in [1.82, 2.24) is 9.97 Å². The molecular weight excluding hydrogens is 699 g/mol. The maximum Gasteiger partial charge on any atom is 0.335 e. The normalized spacial score (nSPS) is 17.7. The first-order valence-electron chi connectivity index (χ1n) is 15.8. The molecule has 4 aromatic rings. The van der Waals surface area contributed by atoms with Gasteiger partial charge in [0.1, 0.15) is 17.7 Å². The fourth-order valence-corrected chi connectivity index (χ4v) is 5.68. The molecule has 0 spiro atoms. The second kappa shape index (κ2) is 17.7. The molecule has 0 radical (unpaired) electrons. The highest BCUT2D eigenvalue weighted by Crippen LogP contribution is 2.30. The quantitative estimate of drug-likeness (QED) is 0.106. The average molecular weight is 745 g/mol.